The summed E-state index contributed by atoms with van der Waals surface area (Å²) in [5, 5.41) is 0.501. The van der Waals surface area contributed by atoms with E-state index < -0.39 is 10.0 Å². The van der Waals surface area contributed by atoms with Crippen molar-refractivity contribution in [3.63, 3.8) is 0 Å². The first kappa shape index (κ1) is 20.1. The molecule has 0 aliphatic heterocycles. The van der Waals surface area contributed by atoms with Gasteiger partial charge in [-0.25, -0.2) is 8.42 Å². The van der Waals surface area contributed by atoms with Crippen molar-refractivity contribution in [3.8, 4) is 23.3 Å². The Labute approximate surface area is 159 Å². The van der Waals surface area contributed by atoms with Crippen LogP contribution >= 0.6 is 11.6 Å². The molecule has 0 amide bonds. The highest BCUT2D eigenvalue weighted by Crippen LogP contribution is 2.23. The van der Waals surface area contributed by atoms with Crippen LogP contribution in [-0.4, -0.2) is 28.2 Å². The summed E-state index contributed by atoms with van der Waals surface area (Å²) in [6, 6.07) is 11.8. The van der Waals surface area contributed by atoms with Gasteiger partial charge in [-0.2, -0.15) is 4.72 Å². The Balaban J connectivity index is 1.89. The summed E-state index contributed by atoms with van der Waals surface area (Å²) in [4.78, 5) is 0.174. The Kier molecular flexibility index (Phi) is 7.34. The number of benzene rings is 2. The second-order valence-corrected chi connectivity index (χ2v) is 7.43. The van der Waals surface area contributed by atoms with Crippen LogP contribution in [0.15, 0.2) is 47.4 Å². The van der Waals surface area contributed by atoms with Gasteiger partial charge in [-0.15, -0.1) is 0 Å². The van der Waals surface area contributed by atoms with Gasteiger partial charge in [0, 0.05) is 0 Å². The first-order chi connectivity index (χ1) is 12.4. The van der Waals surface area contributed by atoms with Gasteiger partial charge in [0.25, 0.3) is 0 Å². The van der Waals surface area contributed by atoms with E-state index in [1.165, 1.54) is 6.07 Å². The number of hydrogen-bond acceptors (Lipinski definition) is 4. The van der Waals surface area contributed by atoms with E-state index in [9.17, 15) is 8.42 Å². The van der Waals surface area contributed by atoms with E-state index in [4.69, 9.17) is 21.1 Å². The number of halogens is 1. The van der Waals surface area contributed by atoms with Crippen molar-refractivity contribution in [3.05, 3.63) is 53.1 Å². The van der Waals surface area contributed by atoms with E-state index in [2.05, 4.69) is 16.6 Å². The Bertz CT molecular complexity index is 917. The maximum absolute atomic E-state index is 12.3. The van der Waals surface area contributed by atoms with Gasteiger partial charge in [0.1, 0.15) is 18.1 Å². The van der Waals surface area contributed by atoms with Crippen LogP contribution in [0.2, 0.25) is 5.02 Å². The van der Waals surface area contributed by atoms with Crippen LogP contribution < -0.4 is 14.2 Å². The zero-order chi connectivity index (χ0) is 19.0. The molecule has 5 nitrogen and oxygen atoms in total. The van der Waals surface area contributed by atoms with E-state index in [1.54, 1.807) is 37.3 Å². The van der Waals surface area contributed by atoms with Crippen LogP contribution in [0.25, 0.3) is 0 Å². The molecule has 0 fully saturated rings. The lowest BCUT2D eigenvalue weighted by molar-refractivity contribution is 0.337. The Morgan fingerprint density at radius 1 is 1.08 bits per heavy atom. The molecule has 0 spiro atoms. The highest BCUT2D eigenvalue weighted by atomic mass is 35.5. The van der Waals surface area contributed by atoms with Crippen molar-refractivity contribution in [1.82, 2.24) is 4.72 Å². The van der Waals surface area contributed by atoms with Gasteiger partial charge in [-0.3, -0.25) is 0 Å². The Morgan fingerprint density at radius 3 is 2.54 bits per heavy atom. The van der Waals surface area contributed by atoms with Crippen molar-refractivity contribution in [1.29, 1.82) is 0 Å². The summed E-state index contributed by atoms with van der Waals surface area (Å²) in [5.74, 6) is 6.66. The zero-order valence-electron chi connectivity index (χ0n) is 14.6. The first-order valence-electron chi connectivity index (χ1n) is 8.00. The van der Waals surface area contributed by atoms with Crippen LogP contribution in [0, 0.1) is 18.8 Å². The van der Waals surface area contributed by atoms with Gasteiger partial charge in [0.15, 0.2) is 0 Å². The number of aryl methyl sites for hydroxylation is 1. The summed E-state index contributed by atoms with van der Waals surface area (Å²) in [7, 11) is -3.63. The monoisotopic (exact) mass is 393 g/mol. The van der Waals surface area contributed by atoms with E-state index in [0.717, 1.165) is 5.56 Å². The molecule has 2 aromatic carbocycles. The van der Waals surface area contributed by atoms with Crippen LogP contribution in [0.1, 0.15) is 12.5 Å². The number of hydrogen-bond donors (Lipinski definition) is 1. The molecule has 0 radical (unpaired) electrons. The summed E-state index contributed by atoms with van der Waals surface area (Å²) in [6.45, 7) is 4.31. The largest absolute Gasteiger partial charge is 0.494 e. The van der Waals surface area contributed by atoms with Crippen LogP contribution in [0.5, 0.6) is 11.5 Å². The van der Waals surface area contributed by atoms with E-state index in [0.29, 0.717) is 23.1 Å². The second-order valence-electron chi connectivity index (χ2n) is 5.26. The maximum atomic E-state index is 12.3. The summed E-state index contributed by atoms with van der Waals surface area (Å²) in [5.41, 5.74) is 0.758. The van der Waals surface area contributed by atoms with Crippen LogP contribution in [-0.2, 0) is 10.0 Å². The topological polar surface area (TPSA) is 64.6 Å². The lowest BCUT2D eigenvalue weighted by Gasteiger charge is -2.09. The fourth-order valence-electron chi connectivity index (χ4n) is 2.11. The van der Waals surface area contributed by atoms with Crippen LogP contribution in [0.4, 0.5) is 0 Å². The number of rotatable bonds is 7. The second kappa shape index (κ2) is 9.48. The van der Waals surface area contributed by atoms with E-state index >= 15 is 0 Å². The molecular weight excluding hydrogens is 374 g/mol. The molecule has 0 aliphatic rings. The van der Waals surface area contributed by atoms with Gasteiger partial charge in [0.2, 0.25) is 10.0 Å². The molecule has 0 saturated carbocycles. The van der Waals surface area contributed by atoms with Gasteiger partial charge in [-0.05, 0) is 49.7 Å². The predicted octanol–water partition coefficient (Wildman–Crippen LogP) is 3.41. The first-order valence-corrected chi connectivity index (χ1v) is 9.86. The van der Waals surface area contributed by atoms with Crippen LogP contribution in [0.3, 0.4) is 0 Å². The highest BCUT2D eigenvalue weighted by molar-refractivity contribution is 7.89. The SMILES string of the molecule is CCOc1ccc(S(=O)(=O)NCC#CCOc2ccccc2Cl)cc1C. The molecule has 138 valence electrons. The normalized spacial score (nSPS) is 10.7. The van der Waals surface area contributed by atoms with E-state index in [1.807, 2.05) is 13.0 Å². The lowest BCUT2D eigenvalue weighted by atomic mass is 10.2. The van der Waals surface area contributed by atoms with Gasteiger partial charge in [-0.1, -0.05) is 35.6 Å². The third-order valence-electron chi connectivity index (χ3n) is 3.37. The molecular formula is C19H20ClNO4S. The molecule has 0 aliphatic carbocycles. The van der Waals surface area contributed by atoms with Crippen molar-refractivity contribution in [2.75, 3.05) is 19.8 Å². The van der Waals surface area contributed by atoms with Crippen molar-refractivity contribution < 1.29 is 17.9 Å². The molecule has 26 heavy (non-hydrogen) atoms. The number of para-hydroxylation sites is 1. The van der Waals surface area contributed by atoms with Gasteiger partial charge in [0.05, 0.1) is 23.1 Å². The third kappa shape index (κ3) is 5.67. The minimum absolute atomic E-state index is 0.0134. The third-order valence-corrected chi connectivity index (χ3v) is 5.08. The number of nitrogens with one attached hydrogen (secondary N) is 1. The van der Waals surface area contributed by atoms with Crippen molar-refractivity contribution in [2.45, 2.75) is 18.7 Å². The molecule has 0 saturated heterocycles. The highest BCUT2D eigenvalue weighted by Gasteiger charge is 2.14. The summed E-state index contributed by atoms with van der Waals surface area (Å²) in [6.07, 6.45) is 0. The maximum Gasteiger partial charge on any atom is 0.241 e. The Morgan fingerprint density at radius 2 is 1.85 bits per heavy atom. The summed E-state index contributed by atoms with van der Waals surface area (Å²) >= 11 is 5.96. The molecule has 2 aromatic rings. The molecule has 0 atom stereocenters. The standard InChI is InChI=1S/C19H20ClNO4S/c1-3-24-18-11-10-16(14-15(18)2)26(22,23)21-12-6-7-13-25-19-9-5-4-8-17(19)20/h4-5,8-11,14,21H,3,12-13H2,1-2H3. The van der Waals surface area contributed by atoms with Gasteiger partial charge < -0.3 is 9.47 Å². The van der Waals surface area contributed by atoms with Gasteiger partial charge >= 0.3 is 0 Å². The molecule has 2 rings (SSSR count). The molecule has 0 bridgehead atoms. The molecule has 0 unspecified atom stereocenters. The zero-order valence-corrected chi connectivity index (χ0v) is 16.2. The lowest BCUT2D eigenvalue weighted by Crippen LogP contribution is -2.24. The predicted molar refractivity (Wildman–Crippen MR) is 102 cm³/mol. The Hall–Kier alpha value is -2.20. The average molecular weight is 394 g/mol. The minimum atomic E-state index is -3.63. The number of sulfonamides is 1. The minimum Gasteiger partial charge on any atom is -0.494 e. The van der Waals surface area contributed by atoms with Crippen molar-refractivity contribution >= 4 is 21.6 Å². The molecule has 1 N–H and O–H groups in total. The fourth-order valence-corrected chi connectivity index (χ4v) is 3.31. The quantitative estimate of drug-likeness (QED) is 0.732. The average Bonchev–Trinajstić information content (AvgIpc) is 2.61. The smallest absolute Gasteiger partial charge is 0.241 e. The molecule has 0 aromatic heterocycles. The van der Waals surface area contributed by atoms with Crippen molar-refractivity contribution in [2.24, 2.45) is 0 Å². The molecule has 0 heterocycles. The molecule has 7 heteroatoms. The van der Waals surface area contributed by atoms with E-state index in [-0.39, 0.29) is 18.0 Å². The fraction of sp³-hybridized carbons (Fsp3) is 0.263. The number of ether oxygens (including phenoxy) is 2. The summed E-state index contributed by atoms with van der Waals surface area (Å²) < 4.78 is 37.8.